The van der Waals surface area contributed by atoms with Gasteiger partial charge in [-0.3, -0.25) is 14.4 Å². The van der Waals surface area contributed by atoms with E-state index in [0.29, 0.717) is 50.1 Å². The number of methoxy groups -OCH3 is 2. The van der Waals surface area contributed by atoms with E-state index in [1.807, 2.05) is 12.1 Å². The van der Waals surface area contributed by atoms with Crippen molar-refractivity contribution in [3.63, 3.8) is 0 Å². The third-order valence-electron chi connectivity index (χ3n) is 7.45. The first-order chi connectivity index (χ1) is 18.8. The Morgan fingerprint density at radius 3 is 2.59 bits per heavy atom. The van der Waals surface area contributed by atoms with Gasteiger partial charge in [-0.25, -0.2) is 4.39 Å². The second kappa shape index (κ2) is 13.2. The van der Waals surface area contributed by atoms with Gasteiger partial charge in [-0.15, -0.1) is 0 Å². The first-order valence-corrected chi connectivity index (χ1v) is 13.7. The summed E-state index contributed by atoms with van der Waals surface area (Å²) in [5.41, 5.74) is 2.03. The van der Waals surface area contributed by atoms with Crippen molar-refractivity contribution < 1.29 is 28.2 Å². The maximum Gasteiger partial charge on any atom is 0.227 e. The standard InChI is InChI=1S/C29H35ClFN3O5/c1-38-25-14-18-8-11-26(35)33-17-21-10-9-20(15-27(36)32-12-4-5-19(13-18)29(25)39-2)34(21)28(37)16-22-23(30)6-3-7-24(22)31/h3,6-7,13-14,20-21H,4-5,8-12,15-17H2,1-2H3,(H,32,36)(H,33,35)/t20-,21+/m0/s1. The van der Waals surface area contributed by atoms with E-state index in [1.165, 1.54) is 12.1 Å². The first kappa shape index (κ1) is 28.7. The topological polar surface area (TPSA) is 97.0 Å². The van der Waals surface area contributed by atoms with Crippen LogP contribution in [0.2, 0.25) is 5.02 Å². The number of nitrogens with zero attached hydrogens (tertiary/aromatic N) is 1. The molecule has 0 radical (unpaired) electrons. The molecular weight excluding hydrogens is 525 g/mol. The number of hydrogen-bond acceptors (Lipinski definition) is 5. The summed E-state index contributed by atoms with van der Waals surface area (Å²) < 4.78 is 25.5. The van der Waals surface area contributed by atoms with Crippen molar-refractivity contribution in [1.82, 2.24) is 15.5 Å². The molecule has 2 atom stereocenters. The minimum atomic E-state index is -0.545. The highest BCUT2D eigenvalue weighted by Crippen LogP contribution is 2.34. The molecule has 0 saturated carbocycles. The third kappa shape index (κ3) is 7.01. The molecule has 2 N–H and O–H groups in total. The lowest BCUT2D eigenvalue weighted by atomic mass is 10.0. The van der Waals surface area contributed by atoms with Gasteiger partial charge in [0.2, 0.25) is 17.7 Å². The number of carbonyl (C=O) groups is 3. The average Bonchev–Trinajstić information content (AvgIpc) is 3.32. The number of fused-ring (bicyclic) bond motifs is 4. The molecule has 2 aromatic carbocycles. The van der Waals surface area contributed by atoms with Gasteiger partial charge in [-0.05, 0) is 61.4 Å². The van der Waals surface area contributed by atoms with Crippen LogP contribution in [0.25, 0.3) is 0 Å². The maximum atomic E-state index is 14.4. The van der Waals surface area contributed by atoms with Crippen molar-refractivity contribution >= 4 is 29.3 Å². The van der Waals surface area contributed by atoms with E-state index in [4.69, 9.17) is 21.1 Å². The summed E-state index contributed by atoms with van der Waals surface area (Å²) >= 11 is 6.18. The number of rotatable bonds is 4. The molecule has 39 heavy (non-hydrogen) atoms. The molecule has 210 valence electrons. The Morgan fingerprint density at radius 2 is 1.85 bits per heavy atom. The van der Waals surface area contributed by atoms with Gasteiger partial charge in [0, 0.05) is 48.6 Å². The molecule has 2 aromatic rings. The van der Waals surface area contributed by atoms with Crippen molar-refractivity contribution in [2.24, 2.45) is 0 Å². The SMILES string of the molecule is COc1cc2cc(c1OC)CCCNC(=O)C[C@@H]1CC[C@H](CNC(=O)CC2)N1C(=O)Cc1c(F)cccc1Cl. The number of benzene rings is 2. The van der Waals surface area contributed by atoms with Crippen molar-refractivity contribution in [1.29, 1.82) is 0 Å². The van der Waals surface area contributed by atoms with Gasteiger partial charge in [0.25, 0.3) is 0 Å². The van der Waals surface area contributed by atoms with Crippen LogP contribution in [0.15, 0.2) is 30.3 Å². The van der Waals surface area contributed by atoms with Gasteiger partial charge in [0.05, 0.1) is 20.6 Å². The summed E-state index contributed by atoms with van der Waals surface area (Å²) in [6, 6.07) is 7.56. The van der Waals surface area contributed by atoms with Crippen LogP contribution >= 0.6 is 11.6 Å². The summed E-state index contributed by atoms with van der Waals surface area (Å²) in [5.74, 6) is 0.0990. The van der Waals surface area contributed by atoms with E-state index in [-0.39, 0.29) is 66.2 Å². The fourth-order valence-corrected chi connectivity index (χ4v) is 5.75. The Kier molecular flexibility index (Phi) is 9.67. The van der Waals surface area contributed by atoms with Crippen LogP contribution in [0.4, 0.5) is 4.39 Å². The van der Waals surface area contributed by atoms with Gasteiger partial charge in [0.15, 0.2) is 11.5 Å². The van der Waals surface area contributed by atoms with Crippen LogP contribution < -0.4 is 20.1 Å². The van der Waals surface area contributed by atoms with Crippen LogP contribution in [-0.4, -0.2) is 62.0 Å². The van der Waals surface area contributed by atoms with Crippen molar-refractivity contribution in [2.45, 2.75) is 63.5 Å². The Bertz CT molecular complexity index is 1200. The molecule has 10 heteroatoms. The van der Waals surface area contributed by atoms with Gasteiger partial charge < -0.3 is 25.0 Å². The molecule has 2 heterocycles. The van der Waals surface area contributed by atoms with Gasteiger partial charge in [0.1, 0.15) is 5.82 Å². The lowest BCUT2D eigenvalue weighted by molar-refractivity contribution is -0.135. The predicted octanol–water partition coefficient (Wildman–Crippen LogP) is 3.60. The Balaban J connectivity index is 1.54. The zero-order valence-corrected chi connectivity index (χ0v) is 23.1. The van der Waals surface area contributed by atoms with E-state index >= 15 is 0 Å². The molecule has 1 fully saturated rings. The number of amides is 3. The van der Waals surface area contributed by atoms with Crippen LogP contribution in [0, 0.1) is 5.82 Å². The second-order valence-corrected chi connectivity index (χ2v) is 10.4. The summed E-state index contributed by atoms with van der Waals surface area (Å²) in [7, 11) is 3.17. The molecule has 0 aromatic heterocycles. The van der Waals surface area contributed by atoms with Crippen molar-refractivity contribution in [3.8, 4) is 11.5 Å². The largest absolute Gasteiger partial charge is 0.493 e. The van der Waals surface area contributed by atoms with Gasteiger partial charge in [-0.2, -0.15) is 0 Å². The number of ether oxygens (including phenoxy) is 2. The number of aryl methyl sites for hydroxylation is 2. The maximum absolute atomic E-state index is 14.4. The zero-order valence-electron chi connectivity index (χ0n) is 22.4. The zero-order chi connectivity index (χ0) is 27.9. The molecule has 0 aliphatic carbocycles. The number of carbonyl (C=O) groups excluding carboxylic acids is 3. The number of halogens is 2. The second-order valence-electron chi connectivity index (χ2n) is 10.0. The van der Waals surface area contributed by atoms with Crippen molar-refractivity contribution in [2.75, 3.05) is 27.3 Å². The average molecular weight is 560 g/mol. The van der Waals surface area contributed by atoms with E-state index in [0.717, 1.165) is 11.1 Å². The van der Waals surface area contributed by atoms with Crippen LogP contribution in [0.5, 0.6) is 11.5 Å². The quantitative estimate of drug-likeness (QED) is 0.597. The van der Waals surface area contributed by atoms with Crippen molar-refractivity contribution in [3.05, 3.63) is 57.9 Å². The fraction of sp³-hybridized carbons (Fsp3) is 0.483. The summed E-state index contributed by atoms with van der Waals surface area (Å²) in [6.07, 6.45) is 3.28. The lowest BCUT2D eigenvalue weighted by Gasteiger charge is -2.31. The molecule has 0 unspecified atom stereocenters. The third-order valence-corrected chi connectivity index (χ3v) is 7.81. The summed E-state index contributed by atoms with van der Waals surface area (Å²) in [4.78, 5) is 40.8. The van der Waals surface area contributed by atoms with Crippen LogP contribution in [0.1, 0.15) is 48.8 Å². The van der Waals surface area contributed by atoms with Crippen LogP contribution in [0.3, 0.4) is 0 Å². The molecule has 1 saturated heterocycles. The normalized spacial score (nSPS) is 20.6. The minimum Gasteiger partial charge on any atom is -0.493 e. The molecule has 0 spiro atoms. The molecule has 4 bridgehead atoms. The molecule has 2 aliphatic rings. The van der Waals surface area contributed by atoms with Gasteiger partial charge in [-0.1, -0.05) is 23.7 Å². The number of hydrogen-bond donors (Lipinski definition) is 2. The van der Waals surface area contributed by atoms with E-state index in [1.54, 1.807) is 25.2 Å². The Labute approximate surface area is 233 Å². The lowest BCUT2D eigenvalue weighted by Crippen LogP contribution is -2.48. The monoisotopic (exact) mass is 559 g/mol. The highest BCUT2D eigenvalue weighted by molar-refractivity contribution is 6.31. The minimum absolute atomic E-state index is 0.132. The molecule has 8 nitrogen and oxygen atoms in total. The van der Waals surface area contributed by atoms with Gasteiger partial charge >= 0.3 is 0 Å². The highest BCUT2D eigenvalue weighted by Gasteiger charge is 2.38. The fourth-order valence-electron chi connectivity index (χ4n) is 5.52. The predicted molar refractivity (Wildman–Crippen MR) is 146 cm³/mol. The molecule has 4 rings (SSSR count). The first-order valence-electron chi connectivity index (χ1n) is 13.3. The number of nitrogens with one attached hydrogen (secondary N) is 2. The van der Waals surface area contributed by atoms with E-state index in [9.17, 15) is 18.8 Å². The molecule has 2 aliphatic heterocycles. The smallest absolute Gasteiger partial charge is 0.227 e. The molecular formula is C29H35ClFN3O5. The Morgan fingerprint density at radius 1 is 1.05 bits per heavy atom. The highest BCUT2D eigenvalue weighted by atomic mass is 35.5. The Hall–Kier alpha value is -3.33. The summed E-state index contributed by atoms with van der Waals surface area (Å²) in [6.45, 7) is 0.717. The van der Waals surface area contributed by atoms with E-state index < -0.39 is 5.82 Å². The summed E-state index contributed by atoms with van der Waals surface area (Å²) in [5, 5.41) is 6.11. The molecule has 3 amide bonds. The van der Waals surface area contributed by atoms with E-state index in [2.05, 4.69) is 10.6 Å². The van der Waals surface area contributed by atoms with Crippen LogP contribution in [-0.2, 0) is 33.6 Å².